The van der Waals surface area contributed by atoms with Gasteiger partial charge in [-0.25, -0.2) is 4.99 Å². The third-order valence-electron chi connectivity index (χ3n) is 1.50. The van der Waals surface area contributed by atoms with E-state index in [1.54, 1.807) is 38.2 Å². The van der Waals surface area contributed by atoms with Crippen LogP contribution >= 0.6 is 0 Å². The largest absolute Gasteiger partial charge is 0.394 e. The summed E-state index contributed by atoms with van der Waals surface area (Å²) in [4.78, 5) is 5.73. The zero-order valence-electron chi connectivity index (χ0n) is 8.33. The lowest BCUT2D eigenvalue weighted by Crippen LogP contribution is -2.18. The maximum absolute atomic E-state index is 7.36. The monoisotopic (exact) mass is 180 g/mol. The number of hydrogen-bond acceptors (Lipinski definition) is 4. The van der Waals surface area contributed by atoms with Gasteiger partial charge in [0.15, 0.2) is 5.82 Å². The Morgan fingerprint density at radius 2 is 2.15 bits per heavy atom. The van der Waals surface area contributed by atoms with Crippen molar-refractivity contribution in [2.45, 2.75) is 13.8 Å². The number of hydrogen-bond donors (Lipinski definition) is 2. The van der Waals surface area contributed by atoms with Crippen molar-refractivity contribution in [3.05, 3.63) is 24.3 Å². The Balaban J connectivity index is 5.10. The molecule has 0 radical (unpaired) electrons. The van der Waals surface area contributed by atoms with Gasteiger partial charge < -0.3 is 16.0 Å². The Bertz CT molecular complexity index is 263. The summed E-state index contributed by atoms with van der Waals surface area (Å²) >= 11 is 0. The normalized spacial score (nSPS) is 12.5. The van der Waals surface area contributed by atoms with E-state index in [2.05, 4.69) is 11.6 Å². The van der Waals surface area contributed by atoms with Crippen LogP contribution in [0.25, 0.3) is 0 Å². The fourth-order valence-electron chi connectivity index (χ4n) is 0.727. The first-order valence-corrected chi connectivity index (χ1v) is 3.94. The summed E-state index contributed by atoms with van der Waals surface area (Å²) < 4.78 is 0. The van der Waals surface area contributed by atoms with Crippen molar-refractivity contribution in [2.75, 3.05) is 7.05 Å². The van der Waals surface area contributed by atoms with E-state index < -0.39 is 0 Å². The van der Waals surface area contributed by atoms with Gasteiger partial charge >= 0.3 is 0 Å². The molecule has 0 heterocycles. The fraction of sp³-hybridized carbons (Fsp3) is 0.333. The maximum Gasteiger partial charge on any atom is 0.157 e. The van der Waals surface area contributed by atoms with E-state index in [1.807, 2.05) is 0 Å². The van der Waals surface area contributed by atoms with E-state index in [1.165, 1.54) is 0 Å². The first-order valence-electron chi connectivity index (χ1n) is 3.94. The highest BCUT2D eigenvalue weighted by molar-refractivity contribution is 5.95. The summed E-state index contributed by atoms with van der Waals surface area (Å²) in [5.41, 5.74) is 6.34. The minimum absolute atomic E-state index is 0.300. The van der Waals surface area contributed by atoms with E-state index in [0.717, 1.165) is 0 Å². The average Bonchev–Trinajstić information content (AvgIpc) is 2.11. The molecule has 0 atom stereocenters. The molecule has 4 nitrogen and oxygen atoms in total. The maximum atomic E-state index is 7.36. The van der Waals surface area contributed by atoms with Gasteiger partial charge in [-0.1, -0.05) is 6.58 Å². The van der Waals surface area contributed by atoms with Gasteiger partial charge in [-0.2, -0.15) is 0 Å². The number of nitrogens with one attached hydrogen (secondary N) is 1. The first kappa shape index (κ1) is 11.4. The molecule has 0 bridgehead atoms. The predicted octanol–water partition coefficient (Wildman–Crippen LogP) is 1.32. The fourth-order valence-corrected chi connectivity index (χ4v) is 0.727. The van der Waals surface area contributed by atoms with Crippen LogP contribution in [-0.2, 0) is 0 Å². The summed E-state index contributed by atoms with van der Waals surface area (Å²) in [7, 11) is 1.78. The van der Waals surface area contributed by atoms with Gasteiger partial charge in [0.2, 0.25) is 0 Å². The van der Waals surface area contributed by atoms with Crippen LogP contribution in [0.4, 0.5) is 0 Å². The van der Waals surface area contributed by atoms with Crippen molar-refractivity contribution < 1.29 is 0 Å². The Morgan fingerprint density at radius 1 is 1.62 bits per heavy atom. The van der Waals surface area contributed by atoms with E-state index in [-0.39, 0.29) is 0 Å². The van der Waals surface area contributed by atoms with Crippen molar-refractivity contribution >= 4 is 11.9 Å². The summed E-state index contributed by atoms with van der Waals surface area (Å²) in [6, 6.07) is 0. The highest BCUT2D eigenvalue weighted by Crippen LogP contribution is 2.07. The van der Waals surface area contributed by atoms with Gasteiger partial charge in [-0.15, -0.1) is 0 Å². The van der Waals surface area contributed by atoms with Gasteiger partial charge in [0, 0.05) is 13.3 Å². The molecule has 0 rings (SSSR count). The van der Waals surface area contributed by atoms with Crippen LogP contribution in [0.2, 0.25) is 0 Å². The van der Waals surface area contributed by atoms with Crippen molar-refractivity contribution in [3.8, 4) is 0 Å². The molecule has 0 aromatic rings. The number of allylic oxidation sites excluding steroid dienone is 1. The van der Waals surface area contributed by atoms with Crippen LogP contribution in [-0.4, -0.2) is 23.9 Å². The third-order valence-corrected chi connectivity index (χ3v) is 1.50. The molecular weight excluding hydrogens is 164 g/mol. The third kappa shape index (κ3) is 3.11. The second-order valence-electron chi connectivity index (χ2n) is 2.54. The molecule has 0 aromatic heterocycles. The zero-order chi connectivity index (χ0) is 10.4. The zero-order valence-corrected chi connectivity index (χ0v) is 8.33. The van der Waals surface area contributed by atoms with Crippen molar-refractivity contribution in [1.29, 1.82) is 5.41 Å². The van der Waals surface area contributed by atoms with Gasteiger partial charge in [0.25, 0.3) is 0 Å². The predicted molar refractivity (Wildman–Crippen MR) is 56.7 cm³/mol. The Hall–Kier alpha value is -1.58. The molecule has 3 N–H and O–H groups in total. The standard InChI is InChI=1S/C9H16N4/c1-5-12-9(13(4)6-2)8(11)7(3)10/h5-6,10H,2,11H2,1,3-4H3/b9-8-,10-7?,12-5?. The van der Waals surface area contributed by atoms with Crippen molar-refractivity contribution in [1.82, 2.24) is 4.90 Å². The van der Waals surface area contributed by atoms with E-state index >= 15 is 0 Å². The minimum Gasteiger partial charge on any atom is -0.394 e. The molecule has 0 aliphatic carbocycles. The average molecular weight is 180 g/mol. The van der Waals surface area contributed by atoms with Crippen LogP contribution < -0.4 is 5.73 Å². The van der Waals surface area contributed by atoms with Gasteiger partial charge in [0.1, 0.15) is 0 Å². The molecule has 0 aromatic carbocycles. The summed E-state index contributed by atoms with van der Waals surface area (Å²) in [6.45, 7) is 7.01. The summed E-state index contributed by atoms with van der Waals surface area (Å²) in [5.74, 6) is 0.546. The lowest BCUT2D eigenvalue weighted by atomic mass is 10.3. The molecule has 4 heteroatoms. The van der Waals surface area contributed by atoms with Crippen LogP contribution in [0.15, 0.2) is 29.3 Å². The quantitative estimate of drug-likeness (QED) is 0.641. The topological polar surface area (TPSA) is 65.5 Å². The molecule has 13 heavy (non-hydrogen) atoms. The van der Waals surface area contributed by atoms with Crippen molar-refractivity contribution in [3.63, 3.8) is 0 Å². The van der Waals surface area contributed by atoms with E-state index in [0.29, 0.717) is 17.2 Å². The number of aliphatic imine (C=N–C) groups is 1. The van der Waals surface area contributed by atoms with Crippen LogP contribution in [0.3, 0.4) is 0 Å². The van der Waals surface area contributed by atoms with Crippen LogP contribution in [0.5, 0.6) is 0 Å². The minimum atomic E-state index is 0.300. The Morgan fingerprint density at radius 3 is 2.46 bits per heavy atom. The van der Waals surface area contributed by atoms with E-state index in [9.17, 15) is 0 Å². The van der Waals surface area contributed by atoms with Crippen LogP contribution in [0, 0.1) is 5.41 Å². The molecule has 72 valence electrons. The molecule has 0 aliphatic heterocycles. The summed E-state index contributed by atoms with van der Waals surface area (Å²) in [6.07, 6.45) is 3.23. The first-order chi connectivity index (χ1) is 6.04. The van der Waals surface area contributed by atoms with Gasteiger partial charge in [-0.05, 0) is 20.0 Å². The number of rotatable bonds is 4. The molecular formula is C9H16N4. The lowest BCUT2D eigenvalue weighted by Gasteiger charge is -2.15. The smallest absolute Gasteiger partial charge is 0.157 e. The Kier molecular flexibility index (Phi) is 4.51. The molecule has 0 spiro atoms. The molecule has 0 unspecified atom stereocenters. The molecule has 0 amide bonds. The molecule has 0 saturated heterocycles. The van der Waals surface area contributed by atoms with Gasteiger partial charge in [-0.3, -0.25) is 0 Å². The molecule has 0 fully saturated rings. The number of nitrogens with zero attached hydrogens (tertiary/aromatic N) is 2. The second-order valence-corrected chi connectivity index (χ2v) is 2.54. The van der Waals surface area contributed by atoms with Gasteiger partial charge in [0.05, 0.1) is 11.4 Å². The Labute approximate surface area is 79.0 Å². The number of nitrogens with two attached hydrogens (primary N) is 1. The summed E-state index contributed by atoms with van der Waals surface area (Å²) in [5, 5.41) is 7.36. The lowest BCUT2D eigenvalue weighted by molar-refractivity contribution is 0.559. The highest BCUT2D eigenvalue weighted by Gasteiger charge is 2.06. The van der Waals surface area contributed by atoms with Crippen LogP contribution in [0.1, 0.15) is 13.8 Å². The highest BCUT2D eigenvalue weighted by atomic mass is 15.2. The SMILES string of the molecule is C=CN(C)/C(N=CC)=C(\N)C(C)=N. The molecule has 0 saturated carbocycles. The molecule has 0 aliphatic rings. The van der Waals surface area contributed by atoms with Crippen molar-refractivity contribution in [2.24, 2.45) is 10.7 Å². The van der Waals surface area contributed by atoms with E-state index in [4.69, 9.17) is 11.1 Å². The second kappa shape index (κ2) is 5.13.